The first-order chi connectivity index (χ1) is 21.0. The number of benzene rings is 3. The van der Waals surface area contributed by atoms with Crippen LogP contribution in [-0.2, 0) is 27.4 Å². The zero-order chi connectivity index (χ0) is 30.2. The molecule has 2 aliphatic rings. The van der Waals surface area contributed by atoms with Gasteiger partial charge in [-0.1, -0.05) is 80.2 Å². The van der Waals surface area contributed by atoms with Crippen LogP contribution >= 0.6 is 0 Å². The summed E-state index contributed by atoms with van der Waals surface area (Å²) < 4.78 is 18.4. The molecule has 3 N–H and O–H groups in total. The van der Waals surface area contributed by atoms with Gasteiger partial charge in [-0.2, -0.15) is 0 Å². The molecule has 8 heteroatoms. The van der Waals surface area contributed by atoms with Crippen molar-refractivity contribution in [2.24, 2.45) is 5.92 Å². The molecule has 2 aliphatic heterocycles. The minimum absolute atomic E-state index is 0.00330. The van der Waals surface area contributed by atoms with Crippen LogP contribution < -0.4 is 5.32 Å². The molecule has 2 saturated heterocycles. The van der Waals surface area contributed by atoms with Crippen LogP contribution in [0.4, 0.5) is 4.79 Å². The number of ether oxygens (including phenoxy) is 3. The van der Waals surface area contributed by atoms with Gasteiger partial charge in [0.05, 0.1) is 25.4 Å². The van der Waals surface area contributed by atoms with E-state index < -0.39 is 12.4 Å². The molecule has 0 radical (unpaired) electrons. The third-order valence-electron chi connectivity index (χ3n) is 8.44. The van der Waals surface area contributed by atoms with Gasteiger partial charge in [0.1, 0.15) is 6.61 Å². The van der Waals surface area contributed by atoms with E-state index >= 15 is 0 Å². The van der Waals surface area contributed by atoms with Gasteiger partial charge in [0.25, 0.3) is 0 Å². The van der Waals surface area contributed by atoms with E-state index in [0.29, 0.717) is 6.54 Å². The average Bonchev–Trinajstić information content (AvgIpc) is 3.51. The normalized spacial score (nSPS) is 24.0. The smallest absolute Gasteiger partial charge is 0.407 e. The van der Waals surface area contributed by atoms with Crippen molar-refractivity contribution >= 4 is 6.09 Å². The third-order valence-corrected chi connectivity index (χ3v) is 8.44. The van der Waals surface area contributed by atoms with Crippen LogP contribution in [0.5, 0.6) is 0 Å². The highest BCUT2D eigenvalue weighted by Crippen LogP contribution is 2.43. The number of amides is 1. The summed E-state index contributed by atoms with van der Waals surface area (Å²) in [5, 5.41) is 22.3. The fourth-order valence-electron chi connectivity index (χ4n) is 5.99. The topological polar surface area (TPSA) is 100 Å². The maximum absolute atomic E-state index is 11.9. The Kier molecular flexibility index (Phi) is 10.6. The van der Waals surface area contributed by atoms with Gasteiger partial charge in [0.15, 0.2) is 6.29 Å². The van der Waals surface area contributed by atoms with Crippen LogP contribution in [0.3, 0.4) is 0 Å². The van der Waals surface area contributed by atoms with Gasteiger partial charge >= 0.3 is 6.09 Å². The monoisotopic (exact) mass is 586 g/mol. The summed E-state index contributed by atoms with van der Waals surface area (Å²) in [6.45, 7) is 8.06. The minimum Gasteiger partial charge on any atom is -0.445 e. The van der Waals surface area contributed by atoms with Crippen molar-refractivity contribution < 1.29 is 29.2 Å². The molecule has 5 rings (SSSR count). The minimum atomic E-state index is -0.580. The summed E-state index contributed by atoms with van der Waals surface area (Å²) >= 11 is 0. The van der Waals surface area contributed by atoms with E-state index in [-0.39, 0.29) is 44.0 Å². The fraction of sp³-hybridized carbons (Fsp3) is 0.400. The first-order valence-electron chi connectivity index (χ1n) is 15.1. The number of alkyl carbamates (subject to hydrolysis) is 1. The van der Waals surface area contributed by atoms with Crippen LogP contribution in [0, 0.1) is 5.92 Å². The molecule has 0 aromatic heterocycles. The molecule has 3 aromatic rings. The van der Waals surface area contributed by atoms with Gasteiger partial charge in [-0.05, 0) is 59.3 Å². The van der Waals surface area contributed by atoms with E-state index in [2.05, 4.69) is 35.9 Å². The lowest BCUT2D eigenvalue weighted by atomic mass is 9.89. The predicted octanol–water partition coefficient (Wildman–Crippen LogP) is 5.51. The van der Waals surface area contributed by atoms with Crippen molar-refractivity contribution in [1.29, 1.82) is 0 Å². The number of nitrogens with zero attached hydrogens (tertiary/aromatic N) is 1. The lowest BCUT2D eigenvalue weighted by Crippen LogP contribution is -2.46. The maximum atomic E-state index is 11.9. The molecule has 0 saturated carbocycles. The number of carbonyl (C=O) groups is 1. The van der Waals surface area contributed by atoms with E-state index in [4.69, 9.17) is 14.2 Å². The highest BCUT2D eigenvalue weighted by atomic mass is 16.7. The van der Waals surface area contributed by atoms with Crippen LogP contribution in [0.2, 0.25) is 0 Å². The van der Waals surface area contributed by atoms with Gasteiger partial charge in [0, 0.05) is 30.6 Å². The molecule has 43 heavy (non-hydrogen) atoms. The number of likely N-dealkylation sites (tertiary alicyclic amines) is 1. The van der Waals surface area contributed by atoms with Crippen LogP contribution in [0.25, 0.3) is 11.1 Å². The number of rotatable bonds is 11. The zero-order valence-electron chi connectivity index (χ0n) is 24.7. The van der Waals surface area contributed by atoms with Gasteiger partial charge in [-0.25, -0.2) is 4.79 Å². The Bertz CT molecular complexity index is 1360. The summed E-state index contributed by atoms with van der Waals surface area (Å²) in [4.78, 5) is 14.2. The molecule has 8 nitrogen and oxygen atoms in total. The van der Waals surface area contributed by atoms with Crippen LogP contribution in [0.15, 0.2) is 85.5 Å². The molecule has 0 bridgehead atoms. The predicted molar refractivity (Wildman–Crippen MR) is 165 cm³/mol. The highest BCUT2D eigenvalue weighted by molar-refractivity contribution is 5.68. The molecule has 1 amide bonds. The van der Waals surface area contributed by atoms with Gasteiger partial charge in [0.2, 0.25) is 0 Å². The van der Waals surface area contributed by atoms with Gasteiger partial charge in [-0.15, -0.1) is 0 Å². The lowest BCUT2D eigenvalue weighted by Gasteiger charge is -2.43. The van der Waals surface area contributed by atoms with Crippen molar-refractivity contribution in [1.82, 2.24) is 10.2 Å². The van der Waals surface area contributed by atoms with E-state index in [9.17, 15) is 15.0 Å². The first kappa shape index (κ1) is 30.9. The zero-order valence-corrected chi connectivity index (χ0v) is 24.7. The Labute approximate surface area is 253 Å². The summed E-state index contributed by atoms with van der Waals surface area (Å²) in [5.41, 5.74) is 5.81. The molecule has 0 spiro atoms. The van der Waals surface area contributed by atoms with Crippen LogP contribution in [-0.4, -0.2) is 59.7 Å². The number of aliphatic hydroxyl groups is 2. The maximum Gasteiger partial charge on any atom is 0.407 e. The molecular weight excluding hydrogens is 544 g/mol. The summed E-state index contributed by atoms with van der Waals surface area (Å²) in [5.74, 6) is 0.0710. The summed E-state index contributed by atoms with van der Waals surface area (Å²) in [6.07, 6.45) is 2.23. The number of hydrogen-bond acceptors (Lipinski definition) is 7. The first-order valence-corrected chi connectivity index (χ1v) is 15.1. The van der Waals surface area contributed by atoms with Crippen molar-refractivity contribution in [3.63, 3.8) is 0 Å². The second-order valence-corrected chi connectivity index (χ2v) is 11.4. The van der Waals surface area contributed by atoms with Gasteiger partial charge < -0.3 is 29.7 Å². The highest BCUT2D eigenvalue weighted by Gasteiger charge is 2.40. The van der Waals surface area contributed by atoms with Crippen molar-refractivity contribution in [2.45, 2.75) is 57.5 Å². The Hall–Kier alpha value is -3.53. The third kappa shape index (κ3) is 7.71. The van der Waals surface area contributed by atoms with E-state index in [1.54, 1.807) is 0 Å². The Morgan fingerprint density at radius 1 is 1.02 bits per heavy atom. The molecule has 0 aliphatic carbocycles. The second kappa shape index (κ2) is 14.8. The van der Waals surface area contributed by atoms with E-state index in [1.165, 1.54) is 6.08 Å². The van der Waals surface area contributed by atoms with Crippen molar-refractivity contribution in [2.75, 3.05) is 26.3 Å². The molecule has 0 unspecified atom stereocenters. The van der Waals surface area contributed by atoms with Crippen LogP contribution in [0.1, 0.15) is 54.4 Å². The number of hydrogen-bond donors (Lipinski definition) is 3. The SMILES string of the molecule is C=CCOC(=O)NCc1cccc(-c2cccc([C@@H]3O[C@H](CN4CCC[C@H]4CO)[C@H](C)[C@H](c4ccc(CO)cc4)O3)c2)c1. The van der Waals surface area contributed by atoms with Crippen molar-refractivity contribution in [3.8, 4) is 11.1 Å². The van der Waals surface area contributed by atoms with Crippen molar-refractivity contribution in [3.05, 3.63) is 108 Å². The quantitative estimate of drug-likeness (QED) is 0.255. The largest absolute Gasteiger partial charge is 0.445 e. The molecule has 2 heterocycles. The number of carbonyl (C=O) groups excluding carboxylic acids is 1. The number of nitrogens with one attached hydrogen (secondary N) is 1. The van der Waals surface area contributed by atoms with Gasteiger partial charge in [-0.3, -0.25) is 4.90 Å². The molecular formula is C35H42N2O6. The Morgan fingerprint density at radius 2 is 1.79 bits per heavy atom. The molecule has 2 fully saturated rings. The molecule has 228 valence electrons. The lowest BCUT2D eigenvalue weighted by molar-refractivity contribution is -0.276. The summed E-state index contributed by atoms with van der Waals surface area (Å²) in [6, 6.07) is 24.3. The second-order valence-electron chi connectivity index (χ2n) is 11.4. The average molecular weight is 587 g/mol. The molecule has 3 aromatic carbocycles. The number of aliphatic hydroxyl groups excluding tert-OH is 2. The molecule has 5 atom stereocenters. The Morgan fingerprint density at radius 3 is 2.53 bits per heavy atom. The standard InChI is InChI=1S/C35H42N2O6/c1-3-17-41-35(40)36-20-26-7-4-8-28(18-26)29-9-5-10-30(19-29)34-42-32(21-37-16-6-11-31(37)23-39)24(2)33(43-34)27-14-12-25(22-38)13-15-27/h3-5,7-10,12-15,18-19,24,31-34,38-39H,1,6,11,16-17,20-23H2,2H3,(H,36,40)/t24-,31-,32+,33+,34+/m0/s1. The van der Waals surface area contributed by atoms with E-state index in [0.717, 1.165) is 59.3 Å². The van der Waals surface area contributed by atoms with E-state index in [1.807, 2.05) is 60.7 Å². The summed E-state index contributed by atoms with van der Waals surface area (Å²) in [7, 11) is 0. The Balaban J connectivity index is 1.38. The fourth-order valence-corrected chi connectivity index (χ4v) is 5.99.